The summed E-state index contributed by atoms with van der Waals surface area (Å²) in [5.41, 5.74) is 0. The van der Waals surface area contributed by atoms with Gasteiger partial charge in [0.1, 0.15) is 0 Å². The zero-order valence-corrected chi connectivity index (χ0v) is 17.2. The molecule has 0 amide bonds. The number of hydrogen-bond donors (Lipinski definition) is 2. The van der Waals surface area contributed by atoms with Crippen molar-refractivity contribution in [2.45, 2.75) is 51.9 Å². The van der Waals surface area contributed by atoms with Gasteiger partial charge in [-0.3, -0.25) is 9.79 Å². The van der Waals surface area contributed by atoms with Crippen LogP contribution in [0, 0.1) is 0 Å². The van der Waals surface area contributed by atoms with Crippen LogP contribution >= 0.6 is 24.0 Å². The zero-order valence-electron chi connectivity index (χ0n) is 14.9. The predicted molar refractivity (Wildman–Crippen MR) is 106 cm³/mol. The largest absolute Gasteiger partial charge is 0.469 e. The first-order chi connectivity index (χ1) is 10.7. The van der Waals surface area contributed by atoms with E-state index in [9.17, 15) is 4.79 Å². The Morgan fingerprint density at radius 1 is 1.00 bits per heavy atom. The van der Waals surface area contributed by atoms with Crippen molar-refractivity contribution >= 4 is 35.9 Å². The van der Waals surface area contributed by atoms with Crippen molar-refractivity contribution in [2.24, 2.45) is 4.99 Å². The summed E-state index contributed by atoms with van der Waals surface area (Å²) in [6.45, 7) is 5.44. The van der Waals surface area contributed by atoms with Crippen LogP contribution < -0.4 is 10.6 Å². The van der Waals surface area contributed by atoms with E-state index in [1.165, 1.54) is 7.11 Å². The molecule has 0 aliphatic heterocycles. The van der Waals surface area contributed by atoms with E-state index in [0.717, 1.165) is 70.8 Å². The summed E-state index contributed by atoms with van der Waals surface area (Å²) in [6, 6.07) is 0. The van der Waals surface area contributed by atoms with Crippen LogP contribution in [0.1, 0.15) is 51.9 Å². The Morgan fingerprint density at radius 3 is 2.17 bits per heavy atom. The summed E-state index contributed by atoms with van der Waals surface area (Å²) < 4.78 is 9.91. The van der Waals surface area contributed by atoms with Crippen LogP contribution in [-0.2, 0) is 14.3 Å². The Labute approximate surface area is 158 Å². The molecule has 0 radical (unpaired) electrons. The van der Waals surface area contributed by atoms with Crippen LogP contribution in [0.15, 0.2) is 4.99 Å². The van der Waals surface area contributed by atoms with Gasteiger partial charge >= 0.3 is 5.97 Å². The Morgan fingerprint density at radius 2 is 1.61 bits per heavy atom. The first-order valence-electron chi connectivity index (χ1n) is 8.33. The molecular formula is C16H34IN3O3. The minimum absolute atomic E-state index is 0. The first-order valence-corrected chi connectivity index (χ1v) is 8.33. The van der Waals surface area contributed by atoms with Gasteiger partial charge in [0.25, 0.3) is 0 Å². The molecule has 0 spiro atoms. The van der Waals surface area contributed by atoms with E-state index < -0.39 is 0 Å². The van der Waals surface area contributed by atoms with Crippen LogP contribution in [0.3, 0.4) is 0 Å². The second-order valence-corrected chi connectivity index (χ2v) is 5.07. The number of rotatable bonds is 13. The van der Waals surface area contributed by atoms with E-state index in [2.05, 4.69) is 20.4 Å². The third kappa shape index (κ3) is 17.6. The van der Waals surface area contributed by atoms with Crippen LogP contribution in [0.25, 0.3) is 0 Å². The summed E-state index contributed by atoms with van der Waals surface area (Å²) >= 11 is 0. The smallest absolute Gasteiger partial charge is 0.305 e. The molecule has 0 rings (SSSR count). The fraction of sp³-hybridized carbons (Fsp3) is 0.875. The van der Waals surface area contributed by atoms with Gasteiger partial charge in [0, 0.05) is 39.8 Å². The molecule has 138 valence electrons. The highest BCUT2D eigenvalue weighted by atomic mass is 127. The number of ether oxygens (including phenoxy) is 2. The number of nitrogens with zero attached hydrogens (tertiary/aromatic N) is 1. The third-order valence-electron chi connectivity index (χ3n) is 3.26. The molecule has 0 aliphatic carbocycles. The average Bonchev–Trinajstić information content (AvgIpc) is 2.54. The SMILES string of the molecule is CCOCCCCNC(=NC)NCCCCCCC(=O)OC.I. The van der Waals surface area contributed by atoms with Gasteiger partial charge in [-0.2, -0.15) is 0 Å². The number of hydrogen-bond acceptors (Lipinski definition) is 4. The van der Waals surface area contributed by atoms with Gasteiger partial charge in [-0.15, -0.1) is 24.0 Å². The minimum atomic E-state index is -0.118. The lowest BCUT2D eigenvalue weighted by Crippen LogP contribution is -2.38. The molecule has 0 heterocycles. The van der Waals surface area contributed by atoms with Gasteiger partial charge in [0.05, 0.1) is 7.11 Å². The molecule has 0 aromatic rings. The minimum Gasteiger partial charge on any atom is -0.469 e. The Kier molecular flexibility index (Phi) is 20.9. The molecular weight excluding hydrogens is 409 g/mol. The van der Waals surface area contributed by atoms with Crippen LogP contribution in [-0.4, -0.2) is 52.4 Å². The fourth-order valence-corrected chi connectivity index (χ4v) is 1.96. The standard InChI is InChI=1S/C16H33N3O3.HI/c1-4-22-14-10-9-13-19-16(17-2)18-12-8-6-5-7-11-15(20)21-3;/h4-14H2,1-3H3,(H2,17,18,19);1H. The Hall–Kier alpha value is -0.570. The topological polar surface area (TPSA) is 72.0 Å². The summed E-state index contributed by atoms with van der Waals surface area (Å²) in [4.78, 5) is 15.1. The van der Waals surface area contributed by atoms with Gasteiger partial charge in [-0.25, -0.2) is 0 Å². The zero-order chi connectivity index (χ0) is 16.5. The molecule has 0 unspecified atom stereocenters. The van der Waals surface area contributed by atoms with E-state index >= 15 is 0 Å². The number of nitrogens with one attached hydrogen (secondary N) is 2. The van der Waals surface area contributed by atoms with Crippen LogP contribution in [0.2, 0.25) is 0 Å². The number of aliphatic imine (C=N–C) groups is 1. The highest BCUT2D eigenvalue weighted by Crippen LogP contribution is 2.03. The van der Waals surface area contributed by atoms with Crippen LogP contribution in [0.5, 0.6) is 0 Å². The molecule has 0 fully saturated rings. The number of carbonyl (C=O) groups excluding carboxylic acids is 1. The van der Waals surface area contributed by atoms with E-state index in [0.29, 0.717) is 6.42 Å². The molecule has 0 saturated carbocycles. The van der Waals surface area contributed by atoms with Crippen molar-refractivity contribution in [1.82, 2.24) is 10.6 Å². The van der Waals surface area contributed by atoms with Crippen molar-refractivity contribution in [1.29, 1.82) is 0 Å². The predicted octanol–water partition coefficient (Wildman–Crippen LogP) is 2.71. The quantitative estimate of drug-likeness (QED) is 0.151. The second kappa shape index (κ2) is 19.5. The lowest BCUT2D eigenvalue weighted by Gasteiger charge is -2.11. The number of halogens is 1. The lowest BCUT2D eigenvalue weighted by atomic mass is 10.1. The maximum Gasteiger partial charge on any atom is 0.305 e. The Balaban J connectivity index is 0. The summed E-state index contributed by atoms with van der Waals surface area (Å²) in [7, 11) is 3.22. The fourth-order valence-electron chi connectivity index (χ4n) is 1.96. The van der Waals surface area contributed by atoms with E-state index in [4.69, 9.17) is 4.74 Å². The first kappa shape index (κ1) is 24.7. The number of guanidine groups is 1. The highest BCUT2D eigenvalue weighted by molar-refractivity contribution is 14.0. The average molecular weight is 443 g/mol. The van der Waals surface area contributed by atoms with Crippen molar-refractivity contribution in [3.8, 4) is 0 Å². The summed E-state index contributed by atoms with van der Waals surface area (Å²) in [5, 5.41) is 6.59. The molecule has 2 N–H and O–H groups in total. The lowest BCUT2D eigenvalue weighted by molar-refractivity contribution is -0.140. The van der Waals surface area contributed by atoms with Crippen molar-refractivity contribution in [3.05, 3.63) is 0 Å². The molecule has 0 bridgehead atoms. The molecule has 7 heteroatoms. The Bertz CT molecular complexity index is 302. The molecule has 0 saturated heterocycles. The van der Waals surface area contributed by atoms with E-state index in [1.54, 1.807) is 7.05 Å². The van der Waals surface area contributed by atoms with E-state index in [1.807, 2.05) is 6.92 Å². The van der Waals surface area contributed by atoms with E-state index in [-0.39, 0.29) is 29.9 Å². The molecule has 6 nitrogen and oxygen atoms in total. The van der Waals surface area contributed by atoms with Gasteiger partial charge in [-0.05, 0) is 32.6 Å². The number of methoxy groups -OCH3 is 1. The van der Waals surface area contributed by atoms with Gasteiger partial charge < -0.3 is 20.1 Å². The van der Waals surface area contributed by atoms with Crippen molar-refractivity contribution in [2.75, 3.05) is 40.5 Å². The maximum atomic E-state index is 10.9. The van der Waals surface area contributed by atoms with Gasteiger partial charge in [0.2, 0.25) is 0 Å². The molecule has 0 aromatic carbocycles. The van der Waals surface area contributed by atoms with Gasteiger partial charge in [-0.1, -0.05) is 12.8 Å². The van der Waals surface area contributed by atoms with Crippen LogP contribution in [0.4, 0.5) is 0 Å². The summed E-state index contributed by atoms with van der Waals surface area (Å²) in [5.74, 6) is 0.734. The molecule has 0 aromatic heterocycles. The normalized spacial score (nSPS) is 10.8. The molecule has 0 aliphatic rings. The molecule has 0 atom stereocenters. The van der Waals surface area contributed by atoms with Gasteiger partial charge in [0.15, 0.2) is 5.96 Å². The maximum absolute atomic E-state index is 10.9. The molecule has 23 heavy (non-hydrogen) atoms. The third-order valence-corrected chi connectivity index (χ3v) is 3.26. The monoisotopic (exact) mass is 443 g/mol. The number of esters is 1. The highest BCUT2D eigenvalue weighted by Gasteiger charge is 2.00. The van der Waals surface area contributed by atoms with Crippen molar-refractivity contribution < 1.29 is 14.3 Å². The number of unbranched alkanes of at least 4 members (excludes halogenated alkanes) is 4. The van der Waals surface area contributed by atoms with Crippen molar-refractivity contribution in [3.63, 3.8) is 0 Å². The second-order valence-electron chi connectivity index (χ2n) is 5.07. The number of carbonyl (C=O) groups is 1. The summed E-state index contributed by atoms with van der Waals surface area (Å²) in [6.07, 6.45) is 6.81.